The van der Waals surface area contributed by atoms with Crippen molar-refractivity contribution in [2.24, 2.45) is 0 Å². The van der Waals surface area contributed by atoms with Gasteiger partial charge in [-0.1, -0.05) is 0 Å². The van der Waals surface area contributed by atoms with Crippen LogP contribution in [0.1, 0.15) is 5.56 Å². The topological polar surface area (TPSA) is 119 Å². The molecular formula is C23H24N9O2+. The smallest absolute Gasteiger partial charge is 0.163 e. The molecule has 2 aromatic heterocycles. The molecule has 5 rings (SSSR count). The monoisotopic (exact) mass is 458 g/mol. The molecule has 172 valence electrons. The van der Waals surface area contributed by atoms with Gasteiger partial charge in [-0.15, -0.1) is 10.2 Å². The maximum atomic E-state index is 9.02. The van der Waals surface area contributed by atoms with E-state index in [4.69, 9.17) is 14.7 Å². The van der Waals surface area contributed by atoms with E-state index in [1.165, 1.54) is 21.7 Å². The number of nitrogens with zero attached hydrogens (tertiary/aromatic N) is 8. The van der Waals surface area contributed by atoms with Crippen LogP contribution in [0, 0.1) is 11.3 Å². The quantitative estimate of drug-likeness (QED) is 0.425. The van der Waals surface area contributed by atoms with Gasteiger partial charge in [0.15, 0.2) is 17.8 Å². The van der Waals surface area contributed by atoms with E-state index in [9.17, 15) is 0 Å². The van der Waals surface area contributed by atoms with Gasteiger partial charge in [0.1, 0.15) is 24.4 Å². The fraction of sp³-hybridized carbons (Fsp3) is 0.304. The second-order valence-corrected chi connectivity index (χ2v) is 7.88. The first-order valence-corrected chi connectivity index (χ1v) is 11.0. The van der Waals surface area contributed by atoms with Gasteiger partial charge in [-0.05, 0) is 23.4 Å². The van der Waals surface area contributed by atoms with Gasteiger partial charge in [0.05, 0.1) is 57.0 Å². The summed E-state index contributed by atoms with van der Waals surface area (Å²) in [6.45, 7) is 4.43. The first-order valence-electron chi connectivity index (χ1n) is 11.0. The third kappa shape index (κ3) is 4.44. The van der Waals surface area contributed by atoms with E-state index in [0.29, 0.717) is 30.2 Å². The highest BCUT2D eigenvalue weighted by molar-refractivity contribution is 5.92. The third-order valence-electron chi connectivity index (χ3n) is 5.93. The molecule has 1 aliphatic rings. The highest BCUT2D eigenvalue weighted by atomic mass is 16.5. The minimum Gasteiger partial charge on any atom is -0.493 e. The van der Waals surface area contributed by atoms with Crippen molar-refractivity contribution in [3.05, 3.63) is 54.6 Å². The Hall–Kier alpha value is -4.30. The van der Waals surface area contributed by atoms with E-state index >= 15 is 0 Å². The van der Waals surface area contributed by atoms with Crippen molar-refractivity contribution >= 4 is 22.4 Å². The largest absolute Gasteiger partial charge is 0.493 e. The number of nitriles is 1. The molecule has 1 fully saturated rings. The number of piperazine rings is 1. The highest BCUT2D eigenvalue weighted by Crippen LogP contribution is 2.35. The summed E-state index contributed by atoms with van der Waals surface area (Å²) in [6, 6.07) is 13.8. The van der Waals surface area contributed by atoms with Crippen LogP contribution in [-0.4, -0.2) is 70.1 Å². The van der Waals surface area contributed by atoms with Gasteiger partial charge in [0.25, 0.3) is 0 Å². The Bertz CT molecular complexity index is 1290. The van der Waals surface area contributed by atoms with Crippen LogP contribution in [0.15, 0.2) is 49.1 Å². The Balaban J connectivity index is 1.32. The van der Waals surface area contributed by atoms with Crippen LogP contribution < -0.4 is 19.3 Å². The average molecular weight is 459 g/mol. The van der Waals surface area contributed by atoms with E-state index in [1.807, 2.05) is 36.4 Å². The Morgan fingerprint density at radius 1 is 1.06 bits per heavy atom. The summed E-state index contributed by atoms with van der Waals surface area (Å²) in [4.78, 5) is 14.2. The molecule has 1 saturated heterocycles. The molecule has 0 amide bonds. The van der Waals surface area contributed by atoms with Crippen molar-refractivity contribution in [3.8, 4) is 17.6 Å². The Morgan fingerprint density at radius 3 is 2.59 bits per heavy atom. The lowest BCUT2D eigenvalue weighted by molar-refractivity contribution is -0.833. The van der Waals surface area contributed by atoms with E-state index in [2.05, 4.69) is 36.3 Å². The predicted octanol–water partition coefficient (Wildman–Crippen LogP) is 0.612. The van der Waals surface area contributed by atoms with Gasteiger partial charge in [-0.2, -0.15) is 10.1 Å². The first-order chi connectivity index (χ1) is 16.7. The highest BCUT2D eigenvalue weighted by Gasteiger charge is 2.24. The van der Waals surface area contributed by atoms with Crippen LogP contribution in [-0.2, 0) is 6.54 Å². The van der Waals surface area contributed by atoms with Crippen molar-refractivity contribution in [1.29, 1.82) is 5.26 Å². The molecule has 3 heterocycles. The second kappa shape index (κ2) is 9.68. The van der Waals surface area contributed by atoms with Crippen molar-refractivity contribution in [3.63, 3.8) is 0 Å². The number of tetrazole rings is 1. The zero-order valence-electron chi connectivity index (χ0n) is 18.8. The maximum absolute atomic E-state index is 9.02. The standard InChI is InChI=1S/C23H23N9O2/c1-33-21-12-19-20(13-22(21)34-11-10-32-28-16-27-29-32)25-15-26-23(19)31-8-6-30(7-9-31)18-4-2-17(14-24)3-5-18/h2-5,12-13,15-16H,6-11H2,1H3/p+1. The Kier molecular flexibility index (Phi) is 6.13. The molecule has 0 unspecified atom stereocenters. The van der Waals surface area contributed by atoms with Gasteiger partial charge in [0, 0.05) is 23.6 Å². The molecule has 0 radical (unpaired) electrons. The molecule has 0 saturated carbocycles. The van der Waals surface area contributed by atoms with Crippen LogP contribution in [0.2, 0.25) is 0 Å². The summed E-state index contributed by atoms with van der Waals surface area (Å²) in [5.74, 6) is 2.12. The van der Waals surface area contributed by atoms with Gasteiger partial charge in [0.2, 0.25) is 0 Å². The molecule has 0 spiro atoms. The number of hydrogen-bond donors (Lipinski definition) is 1. The lowest BCUT2D eigenvalue weighted by atomic mass is 10.1. The molecule has 0 atom stereocenters. The number of fused-ring (bicyclic) bond motifs is 1. The molecule has 1 aliphatic heterocycles. The van der Waals surface area contributed by atoms with Crippen molar-refractivity contribution in [1.82, 2.24) is 30.2 Å². The predicted molar refractivity (Wildman–Crippen MR) is 123 cm³/mol. The van der Waals surface area contributed by atoms with Gasteiger partial charge >= 0.3 is 0 Å². The summed E-state index contributed by atoms with van der Waals surface area (Å²) in [5, 5.41) is 21.5. The molecule has 11 nitrogen and oxygen atoms in total. The summed E-state index contributed by atoms with van der Waals surface area (Å²) in [5.41, 5.74) is 2.68. The van der Waals surface area contributed by atoms with Crippen LogP contribution in [0.3, 0.4) is 0 Å². The van der Waals surface area contributed by atoms with Crippen LogP contribution in [0.4, 0.5) is 11.5 Å². The van der Waals surface area contributed by atoms with E-state index in [1.54, 1.807) is 13.4 Å². The van der Waals surface area contributed by atoms with Gasteiger partial charge < -0.3 is 14.4 Å². The lowest BCUT2D eigenvalue weighted by Gasteiger charge is -2.33. The summed E-state index contributed by atoms with van der Waals surface area (Å²) in [7, 11) is 1.62. The number of hydrogen-bond acceptors (Lipinski definition) is 9. The van der Waals surface area contributed by atoms with Crippen LogP contribution >= 0.6 is 0 Å². The normalized spacial score (nSPS) is 14.2. The number of rotatable bonds is 7. The van der Waals surface area contributed by atoms with Crippen molar-refractivity contribution in [2.45, 2.75) is 6.54 Å². The van der Waals surface area contributed by atoms with E-state index in [0.717, 1.165) is 42.9 Å². The maximum Gasteiger partial charge on any atom is 0.163 e. The minimum atomic E-state index is 0.371. The number of nitrogens with one attached hydrogen (secondary N) is 1. The fourth-order valence-corrected chi connectivity index (χ4v) is 4.16. The Labute approximate surface area is 196 Å². The van der Waals surface area contributed by atoms with Crippen LogP contribution in [0.25, 0.3) is 10.9 Å². The molecule has 1 N–H and O–H groups in total. The molecular weight excluding hydrogens is 434 g/mol. The number of methoxy groups -OCH3 is 1. The van der Waals surface area contributed by atoms with Gasteiger partial charge in [-0.3, -0.25) is 4.90 Å². The number of aromatic nitrogens is 6. The zero-order valence-corrected chi connectivity index (χ0v) is 18.8. The number of benzene rings is 2. The number of quaternary nitrogens is 1. The average Bonchev–Trinajstić information content (AvgIpc) is 3.42. The summed E-state index contributed by atoms with van der Waals surface area (Å²) < 4.78 is 11.5. The minimum absolute atomic E-state index is 0.371. The summed E-state index contributed by atoms with van der Waals surface area (Å²) >= 11 is 0. The molecule has 0 aliphatic carbocycles. The molecule has 11 heteroatoms. The third-order valence-corrected chi connectivity index (χ3v) is 5.93. The molecule has 4 aromatic rings. The molecule has 34 heavy (non-hydrogen) atoms. The number of anilines is 1. The van der Waals surface area contributed by atoms with E-state index < -0.39 is 0 Å². The second-order valence-electron chi connectivity index (χ2n) is 7.88. The first kappa shape index (κ1) is 21.5. The lowest BCUT2D eigenvalue weighted by Crippen LogP contribution is -3.10. The van der Waals surface area contributed by atoms with E-state index in [-0.39, 0.29) is 0 Å². The number of ether oxygens (including phenoxy) is 2. The summed E-state index contributed by atoms with van der Waals surface area (Å²) in [6.07, 6.45) is 2.98. The molecule has 2 aromatic carbocycles. The zero-order chi connectivity index (χ0) is 23.3. The van der Waals surface area contributed by atoms with Gasteiger partial charge in [-0.25, -0.2) is 9.97 Å². The molecule has 0 bridgehead atoms. The Morgan fingerprint density at radius 2 is 1.88 bits per heavy atom. The van der Waals surface area contributed by atoms with Crippen molar-refractivity contribution < 1.29 is 14.4 Å². The van der Waals surface area contributed by atoms with Crippen LogP contribution in [0.5, 0.6) is 11.5 Å². The SMILES string of the molecule is COc1cc2c(N3CC[NH+](c4ccc(C#N)cc4)CC3)ncnc2cc1OCCn1ncnn1. The fourth-order valence-electron chi connectivity index (χ4n) is 4.16. The van der Waals surface area contributed by atoms with Crippen molar-refractivity contribution in [2.75, 3.05) is 44.8 Å².